The van der Waals surface area contributed by atoms with Crippen molar-refractivity contribution in [1.29, 1.82) is 0 Å². The van der Waals surface area contributed by atoms with E-state index in [-0.39, 0.29) is 5.92 Å². The molecule has 0 aliphatic heterocycles. The molecule has 2 atom stereocenters. The Kier molecular flexibility index (Phi) is 4.83. The molecule has 0 bridgehead atoms. The largest absolute Gasteiger partial charge is 0.390 e. The van der Waals surface area contributed by atoms with Gasteiger partial charge in [0.2, 0.25) is 0 Å². The van der Waals surface area contributed by atoms with E-state index in [4.69, 9.17) is 10.3 Å². The highest BCUT2D eigenvalue weighted by atomic mass is 32.2. The fourth-order valence-corrected chi connectivity index (χ4v) is 1.72. The van der Waals surface area contributed by atoms with Crippen LogP contribution < -0.4 is 5.73 Å². The predicted molar refractivity (Wildman–Crippen MR) is 49.9 cm³/mol. The summed E-state index contributed by atoms with van der Waals surface area (Å²) in [6, 6.07) is -0.609. The average Bonchev–Trinajstić information content (AvgIpc) is 1.81. The van der Waals surface area contributed by atoms with Crippen molar-refractivity contribution in [1.82, 2.24) is 0 Å². The Morgan fingerprint density at radius 3 is 2.15 bits per heavy atom. The van der Waals surface area contributed by atoms with Gasteiger partial charge in [-0.3, -0.25) is 4.55 Å². The molecule has 0 aromatic heterocycles. The van der Waals surface area contributed by atoms with Gasteiger partial charge in [-0.15, -0.1) is 0 Å². The van der Waals surface area contributed by atoms with Crippen LogP contribution in [0.5, 0.6) is 0 Å². The average molecular weight is 211 g/mol. The Labute approximate surface area is 78.7 Å². The van der Waals surface area contributed by atoms with E-state index in [0.717, 1.165) is 0 Å². The molecular formula is C7H17NO4S. The summed E-state index contributed by atoms with van der Waals surface area (Å²) in [4.78, 5) is 0. The van der Waals surface area contributed by atoms with Crippen LogP contribution in [-0.4, -0.2) is 36.0 Å². The first-order valence-corrected chi connectivity index (χ1v) is 5.72. The van der Waals surface area contributed by atoms with Crippen molar-refractivity contribution in [3.63, 3.8) is 0 Å². The van der Waals surface area contributed by atoms with Crippen LogP contribution in [0.25, 0.3) is 0 Å². The lowest BCUT2D eigenvalue weighted by atomic mass is 10.0. The molecule has 0 aromatic rings. The Bertz CT molecular complexity index is 237. The third-order valence-electron chi connectivity index (χ3n) is 1.62. The minimum atomic E-state index is -4.13. The molecule has 6 heteroatoms. The lowest BCUT2D eigenvalue weighted by Gasteiger charge is -2.19. The minimum Gasteiger partial charge on any atom is -0.390 e. The quantitative estimate of drug-likeness (QED) is 0.538. The van der Waals surface area contributed by atoms with Gasteiger partial charge in [0, 0.05) is 6.04 Å². The van der Waals surface area contributed by atoms with Crippen molar-refractivity contribution >= 4 is 10.1 Å². The van der Waals surface area contributed by atoms with Gasteiger partial charge in [-0.25, -0.2) is 0 Å². The maximum absolute atomic E-state index is 10.4. The second-order valence-electron chi connectivity index (χ2n) is 3.61. The van der Waals surface area contributed by atoms with Gasteiger partial charge in [0.1, 0.15) is 5.75 Å². The molecule has 0 spiro atoms. The third-order valence-corrected chi connectivity index (χ3v) is 2.38. The zero-order valence-electron chi connectivity index (χ0n) is 7.84. The van der Waals surface area contributed by atoms with Gasteiger partial charge in [-0.1, -0.05) is 13.8 Å². The molecule has 5 nitrogen and oxygen atoms in total. The Morgan fingerprint density at radius 2 is 1.85 bits per heavy atom. The number of aliphatic hydroxyl groups is 1. The molecule has 0 aliphatic rings. The van der Waals surface area contributed by atoms with E-state index in [9.17, 15) is 13.5 Å². The zero-order valence-corrected chi connectivity index (χ0v) is 8.66. The number of rotatable bonds is 5. The normalized spacial score (nSPS) is 17.4. The second-order valence-corrected chi connectivity index (χ2v) is 5.11. The summed E-state index contributed by atoms with van der Waals surface area (Å²) in [7, 11) is -4.13. The summed E-state index contributed by atoms with van der Waals surface area (Å²) in [6.45, 7) is 3.83. The van der Waals surface area contributed by atoms with E-state index in [1.54, 1.807) is 0 Å². The second kappa shape index (κ2) is 4.90. The lowest BCUT2D eigenvalue weighted by Crippen LogP contribution is -2.40. The van der Waals surface area contributed by atoms with Crippen molar-refractivity contribution < 1.29 is 18.1 Å². The van der Waals surface area contributed by atoms with Gasteiger partial charge in [0.25, 0.3) is 10.1 Å². The Balaban J connectivity index is 4.04. The van der Waals surface area contributed by atoms with E-state index in [2.05, 4.69) is 0 Å². The highest BCUT2D eigenvalue weighted by Gasteiger charge is 2.21. The van der Waals surface area contributed by atoms with Gasteiger partial charge in [0.05, 0.1) is 6.10 Å². The fraction of sp³-hybridized carbons (Fsp3) is 1.00. The minimum absolute atomic E-state index is 0.283. The summed E-state index contributed by atoms with van der Waals surface area (Å²) < 4.78 is 29.2. The van der Waals surface area contributed by atoms with Crippen LogP contribution in [0.1, 0.15) is 20.3 Å². The number of aliphatic hydroxyl groups excluding tert-OH is 1. The summed E-state index contributed by atoms with van der Waals surface area (Å²) in [5, 5.41) is 9.24. The number of hydrogen-bond acceptors (Lipinski definition) is 4. The van der Waals surface area contributed by atoms with Crippen LogP contribution in [0.3, 0.4) is 0 Å². The van der Waals surface area contributed by atoms with Crippen LogP contribution in [0.15, 0.2) is 0 Å². The third kappa shape index (κ3) is 6.94. The Hall–Kier alpha value is -0.170. The first-order chi connectivity index (χ1) is 5.72. The number of hydrogen-bond donors (Lipinski definition) is 3. The summed E-state index contributed by atoms with van der Waals surface area (Å²) in [6.07, 6.45) is -0.672. The molecule has 0 amide bonds. The monoisotopic (exact) mass is 211 g/mol. The molecule has 0 aromatic carbocycles. The highest BCUT2D eigenvalue weighted by molar-refractivity contribution is 7.85. The van der Waals surface area contributed by atoms with Crippen molar-refractivity contribution in [3.8, 4) is 0 Å². The van der Waals surface area contributed by atoms with Crippen LogP contribution in [0.4, 0.5) is 0 Å². The van der Waals surface area contributed by atoms with Crippen LogP contribution >= 0.6 is 0 Å². The standard InChI is InChI=1S/C7H17NO4S/c1-5(2)3-6(8)7(9)4-13(10,11)12/h5-7,9H,3-4,8H2,1-2H3,(H,10,11,12)/t6-,7-/m0/s1. The smallest absolute Gasteiger partial charge is 0.267 e. The zero-order chi connectivity index (χ0) is 10.6. The van der Waals surface area contributed by atoms with Gasteiger partial charge < -0.3 is 10.8 Å². The maximum Gasteiger partial charge on any atom is 0.267 e. The topological polar surface area (TPSA) is 101 Å². The van der Waals surface area contributed by atoms with Gasteiger partial charge in [-0.05, 0) is 12.3 Å². The summed E-state index contributed by atoms with van der Waals surface area (Å²) in [5.41, 5.74) is 5.50. The van der Waals surface area contributed by atoms with Crippen molar-refractivity contribution in [2.75, 3.05) is 5.75 Å². The molecule has 0 saturated carbocycles. The molecule has 13 heavy (non-hydrogen) atoms. The molecule has 0 radical (unpaired) electrons. The van der Waals surface area contributed by atoms with E-state index in [0.29, 0.717) is 6.42 Å². The molecule has 80 valence electrons. The van der Waals surface area contributed by atoms with E-state index >= 15 is 0 Å². The molecule has 4 N–H and O–H groups in total. The lowest BCUT2D eigenvalue weighted by molar-refractivity contribution is 0.153. The summed E-state index contributed by atoms with van der Waals surface area (Å²) >= 11 is 0. The van der Waals surface area contributed by atoms with Crippen LogP contribution in [-0.2, 0) is 10.1 Å². The van der Waals surface area contributed by atoms with E-state index in [1.807, 2.05) is 13.8 Å². The predicted octanol–water partition coefficient (Wildman–Crippen LogP) is -0.391. The summed E-state index contributed by atoms with van der Waals surface area (Å²) in [5.74, 6) is -0.410. The fourth-order valence-electron chi connectivity index (χ4n) is 1.04. The SMILES string of the molecule is CC(C)C[C@H](N)[C@@H](O)CS(=O)(=O)O. The molecular weight excluding hydrogens is 194 g/mol. The molecule has 0 saturated heterocycles. The van der Waals surface area contributed by atoms with Crippen molar-refractivity contribution in [3.05, 3.63) is 0 Å². The van der Waals surface area contributed by atoms with Crippen LogP contribution in [0, 0.1) is 5.92 Å². The van der Waals surface area contributed by atoms with E-state index in [1.165, 1.54) is 0 Å². The molecule has 0 fully saturated rings. The molecule has 0 heterocycles. The number of nitrogens with two attached hydrogens (primary N) is 1. The Morgan fingerprint density at radius 1 is 1.38 bits per heavy atom. The molecule has 0 aliphatic carbocycles. The molecule has 0 rings (SSSR count). The highest BCUT2D eigenvalue weighted by Crippen LogP contribution is 2.07. The maximum atomic E-state index is 10.4. The van der Waals surface area contributed by atoms with E-state index < -0.39 is 28.0 Å². The van der Waals surface area contributed by atoms with Crippen LogP contribution in [0.2, 0.25) is 0 Å². The first-order valence-electron chi connectivity index (χ1n) is 4.11. The molecule has 0 unspecified atom stereocenters. The first kappa shape index (κ1) is 12.8. The van der Waals surface area contributed by atoms with Gasteiger partial charge in [0.15, 0.2) is 0 Å². The van der Waals surface area contributed by atoms with Gasteiger partial charge >= 0.3 is 0 Å². The van der Waals surface area contributed by atoms with Crippen molar-refractivity contribution in [2.45, 2.75) is 32.4 Å². The van der Waals surface area contributed by atoms with Gasteiger partial charge in [-0.2, -0.15) is 8.42 Å². The van der Waals surface area contributed by atoms with Crippen molar-refractivity contribution in [2.24, 2.45) is 11.7 Å².